The Kier molecular flexibility index (Phi) is 4.54. The van der Waals surface area contributed by atoms with Crippen molar-refractivity contribution < 1.29 is 13.9 Å². The number of hydrogen-bond acceptors (Lipinski definition) is 5. The number of rotatable bonds is 5. The summed E-state index contributed by atoms with van der Waals surface area (Å²) in [6.07, 6.45) is 0.155. The lowest BCUT2D eigenvalue weighted by Crippen LogP contribution is -2.08. The van der Waals surface area contributed by atoms with Crippen molar-refractivity contribution in [3.8, 4) is 10.6 Å². The number of aromatic nitrogens is 1. The van der Waals surface area contributed by atoms with Crippen molar-refractivity contribution in [3.63, 3.8) is 0 Å². The SMILES string of the molecule is Cc1c(COC(=O)Cc2csc(-c3ccccc3)n2)oc2ccccc12. The molecule has 0 amide bonds. The Morgan fingerprint density at radius 3 is 2.69 bits per heavy atom. The van der Waals surface area contributed by atoms with E-state index >= 15 is 0 Å². The lowest BCUT2D eigenvalue weighted by atomic mass is 10.1. The second kappa shape index (κ2) is 7.14. The van der Waals surface area contributed by atoms with Gasteiger partial charge in [-0.15, -0.1) is 11.3 Å². The van der Waals surface area contributed by atoms with Crippen LogP contribution in [0.25, 0.3) is 21.5 Å². The van der Waals surface area contributed by atoms with Crippen LogP contribution in [0.5, 0.6) is 0 Å². The molecule has 0 aliphatic carbocycles. The van der Waals surface area contributed by atoms with Gasteiger partial charge in [-0.3, -0.25) is 4.79 Å². The number of ether oxygens (including phenoxy) is 1. The number of furan rings is 1. The second-order valence-corrected chi connectivity index (χ2v) is 6.85. The third kappa shape index (κ3) is 3.39. The highest BCUT2D eigenvalue weighted by Gasteiger charge is 2.14. The minimum atomic E-state index is -0.310. The predicted molar refractivity (Wildman–Crippen MR) is 102 cm³/mol. The molecule has 5 heteroatoms. The van der Waals surface area contributed by atoms with Gasteiger partial charge in [0, 0.05) is 21.9 Å². The molecule has 0 N–H and O–H groups in total. The molecule has 0 aliphatic rings. The number of fused-ring (bicyclic) bond motifs is 1. The third-order valence-electron chi connectivity index (χ3n) is 4.20. The van der Waals surface area contributed by atoms with Crippen LogP contribution >= 0.6 is 11.3 Å². The number of hydrogen-bond donors (Lipinski definition) is 0. The Balaban J connectivity index is 1.40. The Hall–Kier alpha value is -2.92. The van der Waals surface area contributed by atoms with Crippen LogP contribution in [0, 0.1) is 6.92 Å². The van der Waals surface area contributed by atoms with Crippen LogP contribution in [0.3, 0.4) is 0 Å². The van der Waals surface area contributed by atoms with Crippen molar-refractivity contribution >= 4 is 28.3 Å². The summed E-state index contributed by atoms with van der Waals surface area (Å²) in [6.45, 7) is 2.11. The first-order valence-electron chi connectivity index (χ1n) is 8.33. The largest absolute Gasteiger partial charge is 0.457 e. The number of aryl methyl sites for hydroxylation is 1. The predicted octanol–water partition coefficient (Wildman–Crippen LogP) is 5.15. The first-order valence-corrected chi connectivity index (χ1v) is 9.21. The van der Waals surface area contributed by atoms with E-state index in [0.717, 1.165) is 32.8 Å². The van der Waals surface area contributed by atoms with Gasteiger partial charge in [-0.25, -0.2) is 4.98 Å². The van der Waals surface area contributed by atoms with E-state index in [1.54, 1.807) is 0 Å². The van der Waals surface area contributed by atoms with Crippen LogP contribution in [0.1, 0.15) is 17.0 Å². The summed E-state index contributed by atoms with van der Waals surface area (Å²) in [7, 11) is 0. The number of nitrogens with zero attached hydrogens (tertiary/aromatic N) is 1. The van der Waals surface area contributed by atoms with Gasteiger partial charge >= 0.3 is 5.97 Å². The van der Waals surface area contributed by atoms with Gasteiger partial charge in [0.15, 0.2) is 0 Å². The van der Waals surface area contributed by atoms with Crippen LogP contribution in [-0.2, 0) is 22.6 Å². The average Bonchev–Trinajstić information content (AvgIpc) is 3.26. The van der Waals surface area contributed by atoms with Gasteiger partial charge in [0.05, 0.1) is 12.1 Å². The van der Waals surface area contributed by atoms with E-state index in [1.165, 1.54) is 11.3 Å². The summed E-state index contributed by atoms with van der Waals surface area (Å²) in [6, 6.07) is 17.7. The van der Waals surface area contributed by atoms with Gasteiger partial charge in [-0.1, -0.05) is 48.5 Å². The topological polar surface area (TPSA) is 52.3 Å². The highest BCUT2D eigenvalue weighted by molar-refractivity contribution is 7.13. The third-order valence-corrected chi connectivity index (χ3v) is 5.14. The fourth-order valence-corrected chi connectivity index (χ4v) is 3.63. The van der Waals surface area contributed by atoms with Crippen molar-refractivity contribution in [1.82, 2.24) is 4.98 Å². The number of para-hydroxylation sites is 1. The molecule has 0 aliphatic heterocycles. The molecule has 0 atom stereocenters. The first-order chi connectivity index (χ1) is 12.7. The number of carbonyl (C=O) groups excluding carboxylic acids is 1. The van der Waals surface area contributed by atoms with Crippen molar-refractivity contribution in [3.05, 3.63) is 77.0 Å². The minimum absolute atomic E-state index is 0.134. The summed E-state index contributed by atoms with van der Waals surface area (Å²) in [5.74, 6) is 0.373. The summed E-state index contributed by atoms with van der Waals surface area (Å²) in [5.41, 5.74) is 3.59. The van der Waals surface area contributed by atoms with Gasteiger partial charge in [-0.05, 0) is 13.0 Å². The molecule has 0 radical (unpaired) electrons. The number of carbonyl (C=O) groups is 1. The maximum absolute atomic E-state index is 12.2. The summed E-state index contributed by atoms with van der Waals surface area (Å²) in [4.78, 5) is 16.7. The van der Waals surface area contributed by atoms with Gasteiger partial charge < -0.3 is 9.15 Å². The lowest BCUT2D eigenvalue weighted by molar-refractivity contribution is -0.144. The van der Waals surface area contributed by atoms with Crippen molar-refractivity contribution in [2.24, 2.45) is 0 Å². The maximum Gasteiger partial charge on any atom is 0.312 e. The lowest BCUT2D eigenvalue weighted by Gasteiger charge is -2.02. The normalized spacial score (nSPS) is 11.0. The van der Waals surface area contributed by atoms with Crippen LogP contribution in [0.4, 0.5) is 0 Å². The standard InChI is InChI=1S/C21H17NO3S/c1-14-17-9-5-6-10-18(17)25-19(14)12-24-20(23)11-16-13-26-21(22-16)15-7-3-2-4-8-15/h2-10,13H,11-12H2,1H3. The van der Waals surface area contributed by atoms with E-state index in [1.807, 2.05) is 66.9 Å². The highest BCUT2D eigenvalue weighted by atomic mass is 32.1. The van der Waals surface area contributed by atoms with Gasteiger partial charge in [0.2, 0.25) is 0 Å². The first kappa shape index (κ1) is 16.5. The molecular weight excluding hydrogens is 346 g/mol. The Bertz CT molecular complexity index is 1050. The number of esters is 1. The highest BCUT2D eigenvalue weighted by Crippen LogP contribution is 2.26. The molecule has 4 aromatic rings. The molecule has 26 heavy (non-hydrogen) atoms. The number of benzene rings is 2. The number of thiazole rings is 1. The zero-order valence-corrected chi connectivity index (χ0v) is 15.1. The van der Waals surface area contributed by atoms with Gasteiger partial charge in [0.25, 0.3) is 0 Å². The molecule has 130 valence electrons. The van der Waals surface area contributed by atoms with Crippen LogP contribution in [0.15, 0.2) is 64.4 Å². The summed E-state index contributed by atoms with van der Waals surface area (Å²) >= 11 is 1.53. The molecule has 0 fully saturated rings. The monoisotopic (exact) mass is 363 g/mol. The minimum Gasteiger partial charge on any atom is -0.457 e. The zero-order valence-electron chi connectivity index (χ0n) is 14.3. The van der Waals surface area contributed by atoms with Crippen molar-refractivity contribution in [2.45, 2.75) is 20.0 Å². The molecule has 0 bridgehead atoms. The molecule has 0 unspecified atom stereocenters. The summed E-state index contributed by atoms with van der Waals surface area (Å²) < 4.78 is 11.2. The van der Waals surface area contributed by atoms with E-state index in [2.05, 4.69) is 4.98 Å². The molecule has 0 spiro atoms. The fraction of sp³-hybridized carbons (Fsp3) is 0.143. The fourth-order valence-electron chi connectivity index (χ4n) is 2.81. The molecule has 2 aromatic carbocycles. The molecule has 2 aromatic heterocycles. The van der Waals surface area contributed by atoms with Crippen molar-refractivity contribution in [2.75, 3.05) is 0 Å². The summed E-state index contributed by atoms with van der Waals surface area (Å²) in [5, 5.41) is 3.85. The quantitative estimate of drug-likeness (QED) is 0.460. The van der Waals surface area contributed by atoms with E-state index in [-0.39, 0.29) is 19.0 Å². The van der Waals surface area contributed by atoms with E-state index < -0.39 is 0 Å². The molecule has 2 heterocycles. The van der Waals surface area contributed by atoms with Gasteiger partial charge in [-0.2, -0.15) is 0 Å². The average molecular weight is 363 g/mol. The van der Waals surface area contributed by atoms with Crippen LogP contribution in [0.2, 0.25) is 0 Å². The Morgan fingerprint density at radius 2 is 1.88 bits per heavy atom. The molecule has 4 nitrogen and oxygen atoms in total. The smallest absolute Gasteiger partial charge is 0.312 e. The zero-order chi connectivity index (χ0) is 17.9. The second-order valence-electron chi connectivity index (χ2n) is 5.99. The molecular formula is C21H17NO3S. The Labute approximate surface area is 155 Å². The van der Waals surface area contributed by atoms with E-state index in [9.17, 15) is 4.79 Å². The van der Waals surface area contributed by atoms with E-state index in [4.69, 9.17) is 9.15 Å². The molecule has 0 saturated carbocycles. The van der Waals surface area contributed by atoms with Gasteiger partial charge in [0.1, 0.15) is 23.0 Å². The maximum atomic E-state index is 12.2. The van der Waals surface area contributed by atoms with Crippen LogP contribution in [-0.4, -0.2) is 11.0 Å². The molecule has 4 rings (SSSR count). The molecule has 0 saturated heterocycles. The van der Waals surface area contributed by atoms with E-state index in [0.29, 0.717) is 5.76 Å². The van der Waals surface area contributed by atoms with Crippen molar-refractivity contribution in [1.29, 1.82) is 0 Å². The van der Waals surface area contributed by atoms with Crippen LogP contribution < -0.4 is 0 Å². The Morgan fingerprint density at radius 1 is 1.12 bits per heavy atom.